The summed E-state index contributed by atoms with van der Waals surface area (Å²) in [5.74, 6) is 0. The molecule has 1 saturated heterocycles. The summed E-state index contributed by atoms with van der Waals surface area (Å²) in [5.41, 5.74) is 1.36. The van der Waals surface area contributed by atoms with Gasteiger partial charge in [-0.3, -0.25) is 0 Å². The molecule has 1 aromatic carbocycles. The lowest BCUT2D eigenvalue weighted by atomic mass is 9.76. The van der Waals surface area contributed by atoms with Crippen LogP contribution >= 0.6 is 0 Å². The summed E-state index contributed by atoms with van der Waals surface area (Å²) in [6.45, 7) is 8.24. The Morgan fingerprint density at radius 3 is 2.15 bits per heavy atom. The van der Waals surface area contributed by atoms with E-state index in [1.54, 1.807) is 5.01 Å². The lowest BCUT2D eigenvalue weighted by Crippen LogP contribution is -2.41. The average Bonchev–Trinajstić information content (AvgIpc) is 2.56. The SMILES string of the molecule is CN(C)/N=C/c1ccccc1B1OC(C)(C)C(C)(C)O1. The highest BCUT2D eigenvalue weighted by molar-refractivity contribution is 6.63. The highest BCUT2D eigenvalue weighted by Crippen LogP contribution is 2.36. The van der Waals surface area contributed by atoms with Crippen LogP contribution in [0.3, 0.4) is 0 Å². The molecule has 0 aliphatic carbocycles. The number of nitrogens with zero attached hydrogens (tertiary/aromatic N) is 2. The summed E-state index contributed by atoms with van der Waals surface area (Å²) in [6.07, 6.45) is 1.83. The van der Waals surface area contributed by atoms with E-state index in [2.05, 4.69) is 32.8 Å². The molecule has 1 aliphatic heterocycles. The maximum absolute atomic E-state index is 6.10. The van der Waals surface area contributed by atoms with Crippen LogP contribution in [0.5, 0.6) is 0 Å². The van der Waals surface area contributed by atoms with Crippen molar-refractivity contribution in [3.05, 3.63) is 29.8 Å². The van der Waals surface area contributed by atoms with Crippen molar-refractivity contribution in [3.63, 3.8) is 0 Å². The van der Waals surface area contributed by atoms with Crippen molar-refractivity contribution in [1.82, 2.24) is 5.01 Å². The van der Waals surface area contributed by atoms with Gasteiger partial charge < -0.3 is 14.3 Å². The van der Waals surface area contributed by atoms with Gasteiger partial charge in [0.1, 0.15) is 0 Å². The minimum Gasteiger partial charge on any atom is -0.399 e. The molecule has 108 valence electrons. The fraction of sp³-hybridized carbons (Fsp3) is 0.533. The van der Waals surface area contributed by atoms with E-state index in [0.717, 1.165) is 11.0 Å². The molecule has 2 rings (SSSR count). The van der Waals surface area contributed by atoms with Gasteiger partial charge >= 0.3 is 7.12 Å². The van der Waals surface area contributed by atoms with E-state index in [1.165, 1.54) is 0 Å². The van der Waals surface area contributed by atoms with E-state index in [9.17, 15) is 0 Å². The Morgan fingerprint density at radius 1 is 1.05 bits per heavy atom. The van der Waals surface area contributed by atoms with Crippen molar-refractivity contribution in [2.75, 3.05) is 14.1 Å². The van der Waals surface area contributed by atoms with Crippen LogP contribution in [-0.4, -0.2) is 43.6 Å². The van der Waals surface area contributed by atoms with Crippen LogP contribution in [0.1, 0.15) is 33.3 Å². The second kappa shape index (κ2) is 5.22. The zero-order valence-corrected chi connectivity index (χ0v) is 13.2. The minimum atomic E-state index is -0.357. The van der Waals surface area contributed by atoms with Crippen molar-refractivity contribution < 1.29 is 9.31 Å². The third-order valence-electron chi connectivity index (χ3n) is 3.93. The summed E-state index contributed by atoms with van der Waals surface area (Å²) < 4.78 is 12.2. The summed E-state index contributed by atoms with van der Waals surface area (Å²) in [4.78, 5) is 0. The molecule has 1 fully saturated rings. The second-order valence-corrected chi connectivity index (χ2v) is 6.31. The smallest absolute Gasteiger partial charge is 0.399 e. The van der Waals surface area contributed by atoms with Gasteiger partial charge in [-0.05, 0) is 38.7 Å². The minimum absolute atomic E-state index is 0.330. The molecular weight excluding hydrogens is 251 g/mol. The van der Waals surface area contributed by atoms with Gasteiger partial charge in [0.05, 0.1) is 17.4 Å². The Bertz CT molecular complexity index is 496. The van der Waals surface area contributed by atoms with Gasteiger partial charge in [-0.2, -0.15) is 5.10 Å². The maximum atomic E-state index is 6.10. The van der Waals surface area contributed by atoms with Gasteiger partial charge in [0.25, 0.3) is 0 Å². The molecule has 0 bridgehead atoms. The Hall–Kier alpha value is -1.33. The molecule has 0 aromatic heterocycles. The maximum Gasteiger partial charge on any atom is 0.495 e. The van der Waals surface area contributed by atoms with Crippen LogP contribution in [0.15, 0.2) is 29.4 Å². The standard InChI is InChI=1S/C15H23BN2O2/c1-14(2)15(3,4)20-16(19-14)13-10-8-7-9-12(13)11-17-18(5)6/h7-11H,1-6H3/b17-11+. The van der Waals surface area contributed by atoms with E-state index in [1.807, 2.05) is 44.6 Å². The fourth-order valence-electron chi connectivity index (χ4n) is 1.99. The zero-order valence-electron chi connectivity index (χ0n) is 13.2. The molecule has 0 unspecified atom stereocenters. The molecule has 5 heteroatoms. The van der Waals surface area contributed by atoms with Crippen LogP contribution in [0.25, 0.3) is 0 Å². The van der Waals surface area contributed by atoms with Gasteiger partial charge in [0.15, 0.2) is 0 Å². The molecule has 0 atom stereocenters. The third kappa shape index (κ3) is 2.89. The predicted molar refractivity (Wildman–Crippen MR) is 83.4 cm³/mol. The van der Waals surface area contributed by atoms with Crippen LogP contribution < -0.4 is 5.46 Å². The Balaban J connectivity index is 2.31. The first-order valence-electron chi connectivity index (χ1n) is 6.89. The van der Waals surface area contributed by atoms with Crippen molar-refractivity contribution in [3.8, 4) is 0 Å². The summed E-state index contributed by atoms with van der Waals surface area (Å²) in [5, 5.41) is 6.06. The molecule has 0 amide bonds. The molecule has 1 aliphatic rings. The van der Waals surface area contributed by atoms with Gasteiger partial charge in [0.2, 0.25) is 0 Å². The predicted octanol–water partition coefficient (Wildman–Crippen LogP) is 1.88. The molecule has 4 nitrogen and oxygen atoms in total. The number of hydrogen-bond acceptors (Lipinski definition) is 4. The van der Waals surface area contributed by atoms with E-state index in [-0.39, 0.29) is 18.3 Å². The van der Waals surface area contributed by atoms with Crippen LogP contribution in [0.2, 0.25) is 0 Å². The van der Waals surface area contributed by atoms with Crippen molar-refractivity contribution in [1.29, 1.82) is 0 Å². The van der Waals surface area contributed by atoms with Crippen molar-refractivity contribution >= 4 is 18.8 Å². The van der Waals surface area contributed by atoms with Gasteiger partial charge in [-0.1, -0.05) is 24.3 Å². The number of benzene rings is 1. The normalized spacial score (nSPS) is 20.6. The molecule has 1 aromatic rings. The molecule has 0 N–H and O–H groups in total. The Labute approximate surface area is 121 Å². The summed E-state index contributed by atoms with van der Waals surface area (Å²) in [7, 11) is 3.44. The van der Waals surface area contributed by atoms with Crippen LogP contribution in [0, 0.1) is 0 Å². The first kappa shape index (κ1) is 15.1. The Morgan fingerprint density at radius 2 is 1.60 bits per heavy atom. The van der Waals surface area contributed by atoms with Crippen molar-refractivity contribution in [2.45, 2.75) is 38.9 Å². The highest BCUT2D eigenvalue weighted by Gasteiger charge is 2.52. The summed E-state index contributed by atoms with van der Waals surface area (Å²) >= 11 is 0. The largest absolute Gasteiger partial charge is 0.495 e. The Kier molecular flexibility index (Phi) is 3.94. The molecule has 0 spiro atoms. The number of hydrazone groups is 1. The topological polar surface area (TPSA) is 34.1 Å². The molecule has 0 saturated carbocycles. The molecular formula is C15H23BN2O2. The molecule has 20 heavy (non-hydrogen) atoms. The van der Waals surface area contributed by atoms with E-state index in [0.29, 0.717) is 0 Å². The van der Waals surface area contributed by atoms with E-state index >= 15 is 0 Å². The van der Waals surface area contributed by atoms with Gasteiger partial charge in [0, 0.05) is 14.1 Å². The lowest BCUT2D eigenvalue weighted by Gasteiger charge is -2.32. The fourth-order valence-corrected chi connectivity index (χ4v) is 1.99. The highest BCUT2D eigenvalue weighted by atomic mass is 16.7. The van der Waals surface area contributed by atoms with E-state index in [4.69, 9.17) is 9.31 Å². The quantitative estimate of drug-likeness (QED) is 0.479. The average molecular weight is 274 g/mol. The summed E-state index contributed by atoms with van der Waals surface area (Å²) in [6, 6.07) is 8.03. The number of hydrogen-bond donors (Lipinski definition) is 0. The lowest BCUT2D eigenvalue weighted by molar-refractivity contribution is 0.00578. The zero-order chi connectivity index (χ0) is 15.0. The second-order valence-electron chi connectivity index (χ2n) is 6.31. The first-order valence-corrected chi connectivity index (χ1v) is 6.89. The van der Waals surface area contributed by atoms with Crippen molar-refractivity contribution in [2.24, 2.45) is 5.10 Å². The first-order chi connectivity index (χ1) is 9.23. The van der Waals surface area contributed by atoms with Crippen LogP contribution in [0.4, 0.5) is 0 Å². The monoisotopic (exact) mass is 274 g/mol. The number of rotatable bonds is 3. The molecule has 1 heterocycles. The van der Waals surface area contributed by atoms with Gasteiger partial charge in [-0.15, -0.1) is 0 Å². The molecule has 0 radical (unpaired) electrons. The van der Waals surface area contributed by atoms with Gasteiger partial charge in [-0.25, -0.2) is 0 Å². The van der Waals surface area contributed by atoms with E-state index < -0.39 is 0 Å². The van der Waals surface area contributed by atoms with Crippen LogP contribution in [-0.2, 0) is 9.31 Å². The third-order valence-corrected chi connectivity index (χ3v) is 3.93.